The first-order valence-electron chi connectivity index (χ1n) is 5.27. The van der Waals surface area contributed by atoms with Crippen LogP contribution in [0.5, 0.6) is 0 Å². The zero-order valence-corrected chi connectivity index (χ0v) is 12.5. The van der Waals surface area contributed by atoms with E-state index in [0.29, 0.717) is 0 Å². The number of rotatable bonds is 5. The molecule has 0 aromatic carbocycles. The molecule has 2 aromatic heterocycles. The number of aromatic nitrogens is 2. The van der Waals surface area contributed by atoms with Crippen molar-refractivity contribution in [3.05, 3.63) is 28.3 Å². The molecule has 0 amide bonds. The van der Waals surface area contributed by atoms with Gasteiger partial charge in [-0.15, -0.1) is 11.3 Å². The minimum Gasteiger partial charge on any atom is -0.369 e. The van der Waals surface area contributed by atoms with Crippen molar-refractivity contribution in [1.29, 1.82) is 0 Å². The molecular weight excluding hydrogens is 318 g/mol. The van der Waals surface area contributed by atoms with Crippen molar-refractivity contribution in [3.8, 4) is 0 Å². The lowest BCUT2D eigenvalue weighted by Gasteiger charge is -2.08. The van der Waals surface area contributed by atoms with Gasteiger partial charge >= 0.3 is 0 Å². The standard InChI is InChI=1S/C11H12BrN3S2/c1-2-5-13-10-9(12)11(15-7-14-10)17-8-4-3-6-16-8/h3-4,6-7H,2,5H2,1H3,(H,13,14,15). The van der Waals surface area contributed by atoms with Gasteiger partial charge in [-0.05, 0) is 33.8 Å². The van der Waals surface area contributed by atoms with Crippen LogP contribution in [0.15, 0.2) is 37.5 Å². The summed E-state index contributed by atoms with van der Waals surface area (Å²) < 4.78 is 2.16. The van der Waals surface area contributed by atoms with Gasteiger partial charge in [-0.2, -0.15) is 0 Å². The third kappa shape index (κ3) is 3.43. The van der Waals surface area contributed by atoms with Crippen LogP contribution in [0, 0.1) is 0 Å². The molecule has 0 saturated heterocycles. The van der Waals surface area contributed by atoms with Crippen molar-refractivity contribution in [2.75, 3.05) is 11.9 Å². The van der Waals surface area contributed by atoms with E-state index in [4.69, 9.17) is 0 Å². The van der Waals surface area contributed by atoms with Gasteiger partial charge in [0.1, 0.15) is 17.2 Å². The monoisotopic (exact) mass is 329 g/mol. The van der Waals surface area contributed by atoms with E-state index >= 15 is 0 Å². The van der Waals surface area contributed by atoms with E-state index in [9.17, 15) is 0 Å². The Morgan fingerprint density at radius 2 is 2.35 bits per heavy atom. The summed E-state index contributed by atoms with van der Waals surface area (Å²) >= 11 is 6.91. The highest BCUT2D eigenvalue weighted by Gasteiger charge is 2.09. The Morgan fingerprint density at radius 1 is 1.47 bits per heavy atom. The van der Waals surface area contributed by atoms with Gasteiger partial charge in [0.05, 0.1) is 8.68 Å². The van der Waals surface area contributed by atoms with Gasteiger partial charge in [0.25, 0.3) is 0 Å². The van der Waals surface area contributed by atoms with Crippen LogP contribution in [0.25, 0.3) is 0 Å². The molecule has 0 atom stereocenters. The maximum atomic E-state index is 4.29. The van der Waals surface area contributed by atoms with Crippen LogP contribution in [0.4, 0.5) is 5.82 Å². The summed E-state index contributed by atoms with van der Waals surface area (Å²) in [6, 6.07) is 4.13. The topological polar surface area (TPSA) is 37.8 Å². The summed E-state index contributed by atoms with van der Waals surface area (Å²) in [5, 5.41) is 6.28. The SMILES string of the molecule is CCCNc1ncnc(Sc2cccs2)c1Br. The largest absolute Gasteiger partial charge is 0.369 e. The van der Waals surface area contributed by atoms with E-state index in [0.717, 1.165) is 28.3 Å². The third-order valence-corrected chi connectivity index (χ3v) is 5.05. The van der Waals surface area contributed by atoms with Crippen molar-refractivity contribution in [1.82, 2.24) is 9.97 Å². The van der Waals surface area contributed by atoms with Crippen molar-refractivity contribution in [2.45, 2.75) is 22.6 Å². The van der Waals surface area contributed by atoms with Crippen molar-refractivity contribution < 1.29 is 0 Å². The maximum Gasteiger partial charge on any atom is 0.144 e. The predicted molar refractivity (Wildman–Crippen MR) is 77.0 cm³/mol. The molecule has 90 valence electrons. The summed E-state index contributed by atoms with van der Waals surface area (Å²) in [6.45, 7) is 3.04. The lowest BCUT2D eigenvalue weighted by atomic mass is 10.4. The van der Waals surface area contributed by atoms with E-state index in [1.807, 2.05) is 6.07 Å². The summed E-state index contributed by atoms with van der Waals surface area (Å²) in [4.78, 5) is 8.52. The molecule has 0 spiro atoms. The lowest BCUT2D eigenvalue weighted by molar-refractivity contribution is 0.946. The molecule has 0 unspecified atom stereocenters. The van der Waals surface area contributed by atoms with Gasteiger partial charge in [0.15, 0.2) is 0 Å². The van der Waals surface area contributed by atoms with Gasteiger partial charge in [-0.25, -0.2) is 9.97 Å². The van der Waals surface area contributed by atoms with Crippen LogP contribution in [-0.2, 0) is 0 Å². The average molecular weight is 330 g/mol. The van der Waals surface area contributed by atoms with Crippen LogP contribution in [0.2, 0.25) is 0 Å². The van der Waals surface area contributed by atoms with E-state index in [1.165, 1.54) is 4.21 Å². The predicted octanol–water partition coefficient (Wildman–Crippen LogP) is 4.27. The van der Waals surface area contributed by atoms with Crippen LogP contribution < -0.4 is 5.32 Å². The van der Waals surface area contributed by atoms with Crippen LogP contribution in [0.3, 0.4) is 0 Å². The molecule has 2 aromatic rings. The molecule has 0 aliphatic carbocycles. The summed E-state index contributed by atoms with van der Waals surface area (Å²) in [5.41, 5.74) is 0. The summed E-state index contributed by atoms with van der Waals surface area (Å²) in [6.07, 6.45) is 2.67. The molecule has 2 heterocycles. The second-order valence-corrected chi connectivity index (χ2v) is 6.33. The number of nitrogens with one attached hydrogen (secondary N) is 1. The number of nitrogens with zero attached hydrogens (tertiary/aromatic N) is 2. The van der Waals surface area contributed by atoms with E-state index in [1.54, 1.807) is 29.4 Å². The fourth-order valence-corrected chi connectivity index (χ4v) is 3.46. The second-order valence-electron chi connectivity index (χ2n) is 3.30. The highest BCUT2D eigenvalue weighted by Crippen LogP contribution is 2.36. The molecule has 17 heavy (non-hydrogen) atoms. The Bertz CT molecular complexity index is 474. The minimum atomic E-state index is 0.862. The third-order valence-electron chi connectivity index (χ3n) is 1.99. The first-order valence-corrected chi connectivity index (χ1v) is 7.76. The maximum absolute atomic E-state index is 4.29. The highest BCUT2D eigenvalue weighted by molar-refractivity contribution is 9.10. The van der Waals surface area contributed by atoms with Gasteiger partial charge < -0.3 is 5.32 Å². The molecule has 0 aliphatic heterocycles. The quantitative estimate of drug-likeness (QED) is 0.831. The van der Waals surface area contributed by atoms with E-state index < -0.39 is 0 Å². The lowest BCUT2D eigenvalue weighted by Crippen LogP contribution is -2.03. The van der Waals surface area contributed by atoms with Crippen LogP contribution in [0.1, 0.15) is 13.3 Å². The number of hydrogen-bond acceptors (Lipinski definition) is 5. The fourth-order valence-electron chi connectivity index (χ4n) is 1.21. The summed E-state index contributed by atoms with van der Waals surface area (Å²) in [5.74, 6) is 0.862. The molecule has 2 rings (SSSR count). The smallest absolute Gasteiger partial charge is 0.144 e. The molecule has 0 bridgehead atoms. The van der Waals surface area contributed by atoms with Crippen LogP contribution >= 0.6 is 39.0 Å². The average Bonchev–Trinajstić information content (AvgIpc) is 2.83. The minimum absolute atomic E-state index is 0.862. The Kier molecular flexibility index (Phi) is 4.82. The Balaban J connectivity index is 2.17. The number of thiophene rings is 1. The molecular formula is C11H12BrN3S2. The molecule has 0 saturated carbocycles. The Hall–Kier alpha value is -0.590. The van der Waals surface area contributed by atoms with Crippen LogP contribution in [-0.4, -0.2) is 16.5 Å². The number of halogens is 1. The molecule has 1 N–H and O–H groups in total. The van der Waals surface area contributed by atoms with E-state index in [2.05, 4.69) is 49.6 Å². The Morgan fingerprint density at radius 3 is 3.06 bits per heavy atom. The summed E-state index contributed by atoms with van der Waals surface area (Å²) in [7, 11) is 0. The molecule has 3 nitrogen and oxygen atoms in total. The first kappa shape index (κ1) is 12.9. The zero-order chi connectivity index (χ0) is 12.1. The van der Waals surface area contributed by atoms with Crippen molar-refractivity contribution in [2.24, 2.45) is 0 Å². The van der Waals surface area contributed by atoms with Gasteiger partial charge in [-0.3, -0.25) is 0 Å². The van der Waals surface area contributed by atoms with Crippen molar-refractivity contribution in [3.63, 3.8) is 0 Å². The fraction of sp³-hybridized carbons (Fsp3) is 0.273. The van der Waals surface area contributed by atoms with Gasteiger partial charge in [-0.1, -0.05) is 24.8 Å². The number of hydrogen-bond donors (Lipinski definition) is 1. The second kappa shape index (κ2) is 6.37. The molecule has 6 heteroatoms. The molecule has 0 fully saturated rings. The molecule has 0 radical (unpaired) electrons. The van der Waals surface area contributed by atoms with Crippen molar-refractivity contribution >= 4 is 44.8 Å². The highest BCUT2D eigenvalue weighted by atomic mass is 79.9. The molecule has 0 aliphatic rings. The van der Waals surface area contributed by atoms with Gasteiger partial charge in [0, 0.05) is 6.54 Å². The first-order chi connectivity index (χ1) is 8.31. The zero-order valence-electron chi connectivity index (χ0n) is 9.31. The number of anilines is 1. The van der Waals surface area contributed by atoms with E-state index in [-0.39, 0.29) is 0 Å². The van der Waals surface area contributed by atoms with Gasteiger partial charge in [0.2, 0.25) is 0 Å². The Labute approximate surface area is 117 Å². The normalized spacial score (nSPS) is 10.5.